The zero-order valence-electron chi connectivity index (χ0n) is 11.3. The molecule has 0 aliphatic rings. The van der Waals surface area contributed by atoms with Gasteiger partial charge in [0.05, 0.1) is 10.9 Å². The fourth-order valence-corrected chi connectivity index (χ4v) is 2.08. The van der Waals surface area contributed by atoms with Crippen LogP contribution in [0.2, 0.25) is 0 Å². The lowest BCUT2D eigenvalue weighted by Gasteiger charge is -2.11. The highest BCUT2D eigenvalue weighted by atomic mass is 19.4. The van der Waals surface area contributed by atoms with Crippen molar-refractivity contribution >= 4 is 10.9 Å². The minimum Gasteiger partial charge on any atom is -0.403 e. The highest BCUT2D eigenvalue weighted by Crippen LogP contribution is 2.29. The van der Waals surface area contributed by atoms with Crippen LogP contribution in [0.25, 0.3) is 22.3 Å². The summed E-state index contributed by atoms with van der Waals surface area (Å²) in [6, 6.07) is 9.32. The fraction of sp³-hybridized carbons (Fsp3) is 0.0667. The van der Waals surface area contributed by atoms with Gasteiger partial charge in [-0.1, -0.05) is 12.1 Å². The Morgan fingerprint density at radius 3 is 2.57 bits per heavy atom. The zero-order chi connectivity index (χ0) is 16.6. The molecule has 0 saturated carbocycles. The fourth-order valence-electron chi connectivity index (χ4n) is 2.08. The number of nitrogens with one attached hydrogen (secondary N) is 1. The summed E-state index contributed by atoms with van der Waals surface area (Å²) in [6.45, 7) is 0. The molecule has 118 valence electrons. The number of halogens is 4. The average Bonchev–Trinajstić information content (AvgIpc) is 2.48. The molecular formula is C15H8F4N2O2. The molecule has 23 heavy (non-hydrogen) atoms. The first-order valence-electron chi connectivity index (χ1n) is 6.38. The van der Waals surface area contributed by atoms with E-state index in [2.05, 4.69) is 14.7 Å². The number of rotatable bonds is 2. The number of ether oxygens (including phenoxy) is 1. The SMILES string of the molecule is O=c1[nH]c(-c2ccc(F)c(OC(F)(F)F)c2)nc2ccccc12. The lowest BCUT2D eigenvalue weighted by atomic mass is 10.1. The highest BCUT2D eigenvalue weighted by Gasteiger charge is 2.32. The third-order valence-corrected chi connectivity index (χ3v) is 3.04. The first-order chi connectivity index (χ1) is 10.8. The third kappa shape index (κ3) is 3.15. The number of fused-ring (bicyclic) bond motifs is 1. The molecule has 0 unspecified atom stereocenters. The maximum absolute atomic E-state index is 13.4. The summed E-state index contributed by atoms with van der Waals surface area (Å²) in [7, 11) is 0. The van der Waals surface area contributed by atoms with Crippen LogP contribution < -0.4 is 10.3 Å². The van der Waals surface area contributed by atoms with Crippen molar-refractivity contribution in [2.24, 2.45) is 0 Å². The number of para-hydroxylation sites is 1. The largest absolute Gasteiger partial charge is 0.573 e. The van der Waals surface area contributed by atoms with Crippen LogP contribution in [0.3, 0.4) is 0 Å². The molecule has 0 atom stereocenters. The van der Waals surface area contributed by atoms with Crippen LogP contribution in [0, 0.1) is 5.82 Å². The molecule has 3 aromatic rings. The van der Waals surface area contributed by atoms with Gasteiger partial charge in [-0.2, -0.15) is 0 Å². The van der Waals surface area contributed by atoms with Crippen LogP contribution in [-0.4, -0.2) is 16.3 Å². The normalized spacial score (nSPS) is 11.7. The Labute approximate surface area is 126 Å². The van der Waals surface area contributed by atoms with Crippen molar-refractivity contribution in [1.82, 2.24) is 9.97 Å². The molecule has 0 aliphatic heterocycles. The van der Waals surface area contributed by atoms with Crippen molar-refractivity contribution in [3.05, 3.63) is 58.6 Å². The minimum absolute atomic E-state index is 0.0146. The van der Waals surface area contributed by atoms with E-state index in [1.165, 1.54) is 6.07 Å². The second kappa shape index (κ2) is 5.38. The van der Waals surface area contributed by atoms with E-state index in [1.54, 1.807) is 24.3 Å². The van der Waals surface area contributed by atoms with E-state index in [9.17, 15) is 22.4 Å². The number of aromatic amines is 1. The van der Waals surface area contributed by atoms with Crippen molar-refractivity contribution in [2.45, 2.75) is 6.36 Å². The molecule has 0 radical (unpaired) electrons. The smallest absolute Gasteiger partial charge is 0.403 e. The van der Waals surface area contributed by atoms with E-state index in [0.29, 0.717) is 10.9 Å². The minimum atomic E-state index is -5.02. The number of benzene rings is 2. The first kappa shape index (κ1) is 15.0. The Morgan fingerprint density at radius 2 is 1.83 bits per heavy atom. The predicted molar refractivity (Wildman–Crippen MR) is 74.4 cm³/mol. The highest BCUT2D eigenvalue weighted by molar-refractivity contribution is 5.79. The van der Waals surface area contributed by atoms with E-state index in [4.69, 9.17) is 0 Å². The topological polar surface area (TPSA) is 55.0 Å². The summed E-state index contributed by atoms with van der Waals surface area (Å²) in [5.74, 6) is -2.15. The molecule has 0 saturated heterocycles. The number of H-pyrrole nitrogens is 1. The maximum Gasteiger partial charge on any atom is 0.573 e. The summed E-state index contributed by atoms with van der Waals surface area (Å²) < 4.78 is 53.8. The molecule has 0 spiro atoms. The van der Waals surface area contributed by atoms with Gasteiger partial charge in [-0.25, -0.2) is 9.37 Å². The molecule has 0 bridgehead atoms. The Balaban J connectivity index is 2.12. The maximum atomic E-state index is 13.4. The number of hydrogen-bond donors (Lipinski definition) is 1. The molecule has 8 heteroatoms. The first-order valence-corrected chi connectivity index (χ1v) is 6.38. The van der Waals surface area contributed by atoms with Gasteiger partial charge < -0.3 is 9.72 Å². The molecule has 1 aromatic heterocycles. The van der Waals surface area contributed by atoms with Gasteiger partial charge in [-0.3, -0.25) is 4.79 Å². The second-order valence-electron chi connectivity index (χ2n) is 4.62. The van der Waals surface area contributed by atoms with Crippen molar-refractivity contribution < 1.29 is 22.3 Å². The van der Waals surface area contributed by atoms with Gasteiger partial charge in [0, 0.05) is 5.56 Å². The van der Waals surface area contributed by atoms with E-state index in [0.717, 1.165) is 12.1 Å². The van der Waals surface area contributed by atoms with Crippen molar-refractivity contribution in [3.63, 3.8) is 0 Å². The van der Waals surface area contributed by atoms with Gasteiger partial charge >= 0.3 is 6.36 Å². The summed E-state index contributed by atoms with van der Waals surface area (Å²) in [5, 5.41) is 0.338. The summed E-state index contributed by atoms with van der Waals surface area (Å²) in [4.78, 5) is 18.6. The molecule has 3 rings (SSSR count). The van der Waals surface area contributed by atoms with Crippen LogP contribution >= 0.6 is 0 Å². The van der Waals surface area contributed by atoms with Crippen LogP contribution in [-0.2, 0) is 0 Å². The van der Waals surface area contributed by atoms with E-state index in [-0.39, 0.29) is 11.4 Å². The molecular weight excluding hydrogens is 316 g/mol. The number of nitrogens with zero attached hydrogens (tertiary/aromatic N) is 1. The molecule has 4 nitrogen and oxygen atoms in total. The molecule has 0 amide bonds. The Bertz CT molecular complexity index is 935. The van der Waals surface area contributed by atoms with Gasteiger partial charge in [0.1, 0.15) is 5.82 Å². The van der Waals surface area contributed by atoms with E-state index in [1.807, 2.05) is 0 Å². The number of hydrogen-bond acceptors (Lipinski definition) is 3. The molecule has 2 aromatic carbocycles. The molecule has 1 N–H and O–H groups in total. The van der Waals surface area contributed by atoms with Crippen molar-refractivity contribution in [1.29, 1.82) is 0 Å². The zero-order valence-corrected chi connectivity index (χ0v) is 11.3. The summed E-state index contributed by atoms with van der Waals surface area (Å²) in [5.41, 5.74) is 0.00980. The monoisotopic (exact) mass is 324 g/mol. The average molecular weight is 324 g/mol. The van der Waals surface area contributed by atoms with Gasteiger partial charge in [-0.05, 0) is 30.3 Å². The molecule has 0 fully saturated rings. The van der Waals surface area contributed by atoms with E-state index < -0.39 is 23.5 Å². The summed E-state index contributed by atoms with van der Waals surface area (Å²) >= 11 is 0. The van der Waals surface area contributed by atoms with Gasteiger partial charge in [0.2, 0.25) is 0 Å². The molecule has 1 heterocycles. The van der Waals surface area contributed by atoms with Crippen molar-refractivity contribution in [2.75, 3.05) is 0 Å². The number of aromatic nitrogens is 2. The number of alkyl halides is 3. The van der Waals surface area contributed by atoms with Crippen LogP contribution in [0.1, 0.15) is 0 Å². The van der Waals surface area contributed by atoms with Gasteiger partial charge in [0.25, 0.3) is 5.56 Å². The lowest BCUT2D eigenvalue weighted by molar-refractivity contribution is -0.275. The van der Waals surface area contributed by atoms with Crippen LogP contribution in [0.5, 0.6) is 5.75 Å². The standard InChI is InChI=1S/C15H8F4N2O2/c16-10-6-5-8(7-12(10)23-15(17,18)19)13-20-11-4-2-1-3-9(11)14(22)21-13/h1-7H,(H,20,21,22). The quantitative estimate of drug-likeness (QED) is 0.733. The van der Waals surface area contributed by atoms with Gasteiger partial charge in [0.15, 0.2) is 11.6 Å². The van der Waals surface area contributed by atoms with E-state index >= 15 is 0 Å². The van der Waals surface area contributed by atoms with Gasteiger partial charge in [-0.15, -0.1) is 13.2 Å². The Hall–Kier alpha value is -2.90. The Kier molecular flexibility index (Phi) is 3.51. The summed E-state index contributed by atoms with van der Waals surface area (Å²) in [6.07, 6.45) is -5.02. The van der Waals surface area contributed by atoms with Crippen LogP contribution in [0.4, 0.5) is 17.6 Å². The van der Waals surface area contributed by atoms with Crippen molar-refractivity contribution in [3.8, 4) is 17.1 Å². The third-order valence-electron chi connectivity index (χ3n) is 3.04. The Morgan fingerprint density at radius 1 is 1.09 bits per heavy atom. The lowest BCUT2D eigenvalue weighted by Crippen LogP contribution is -2.18. The predicted octanol–water partition coefficient (Wildman–Crippen LogP) is 3.63. The molecule has 0 aliphatic carbocycles. The van der Waals surface area contributed by atoms with Crippen LogP contribution in [0.15, 0.2) is 47.3 Å². The second-order valence-corrected chi connectivity index (χ2v) is 4.62.